The van der Waals surface area contributed by atoms with Crippen LogP contribution in [0, 0.1) is 0 Å². The number of rotatable bonds is 3. The number of aliphatic hydroxyl groups excluding tert-OH is 1. The lowest BCUT2D eigenvalue weighted by molar-refractivity contribution is 0.186. The highest BCUT2D eigenvalue weighted by molar-refractivity contribution is 5.36. The van der Waals surface area contributed by atoms with Crippen LogP contribution in [0.1, 0.15) is 29.2 Å². The van der Waals surface area contributed by atoms with Gasteiger partial charge in [0.1, 0.15) is 0 Å². The van der Waals surface area contributed by atoms with Gasteiger partial charge in [0.2, 0.25) is 0 Å². The number of hydrogen-bond acceptors (Lipinski definition) is 2. The van der Waals surface area contributed by atoms with E-state index in [9.17, 15) is 5.11 Å². The van der Waals surface area contributed by atoms with Crippen molar-refractivity contribution < 1.29 is 5.11 Å². The van der Waals surface area contributed by atoms with Crippen molar-refractivity contribution in [3.8, 4) is 0 Å². The third kappa shape index (κ3) is 2.12. The fourth-order valence-corrected chi connectivity index (χ4v) is 2.02. The van der Waals surface area contributed by atoms with E-state index >= 15 is 0 Å². The van der Waals surface area contributed by atoms with Crippen molar-refractivity contribution in [3.63, 3.8) is 0 Å². The molecule has 0 saturated carbocycles. The molecule has 1 aliphatic rings. The summed E-state index contributed by atoms with van der Waals surface area (Å²) >= 11 is 0. The van der Waals surface area contributed by atoms with Gasteiger partial charge in [-0.1, -0.05) is 23.3 Å². The first-order valence-electron chi connectivity index (χ1n) is 5.12. The number of benzene rings is 1. The standard InChI is InChI=1S/C11H13N3O/c12-14-13-7-11(15)10-5-4-8-2-1-3-9(8)6-10/h4-6,11,15H,1-3,7H2. The van der Waals surface area contributed by atoms with Crippen molar-refractivity contribution in [2.45, 2.75) is 25.4 Å². The van der Waals surface area contributed by atoms with Gasteiger partial charge in [-0.3, -0.25) is 0 Å². The molecule has 2 rings (SSSR count). The maximum absolute atomic E-state index is 9.72. The van der Waals surface area contributed by atoms with Gasteiger partial charge < -0.3 is 5.11 Å². The number of fused-ring (bicyclic) bond motifs is 1. The molecule has 0 amide bonds. The molecule has 1 atom stereocenters. The summed E-state index contributed by atoms with van der Waals surface area (Å²) in [7, 11) is 0. The topological polar surface area (TPSA) is 69.0 Å². The smallest absolute Gasteiger partial charge is 0.0846 e. The van der Waals surface area contributed by atoms with E-state index in [0.29, 0.717) is 0 Å². The SMILES string of the molecule is [N-]=[N+]=NCC(O)c1ccc2c(c1)CCC2. The summed E-state index contributed by atoms with van der Waals surface area (Å²) in [6.45, 7) is 0.106. The first-order valence-corrected chi connectivity index (χ1v) is 5.12. The number of azide groups is 1. The summed E-state index contributed by atoms with van der Waals surface area (Å²) in [5, 5.41) is 13.1. The van der Waals surface area contributed by atoms with Gasteiger partial charge in [0, 0.05) is 4.91 Å². The fraction of sp³-hybridized carbons (Fsp3) is 0.455. The molecule has 78 valence electrons. The predicted molar refractivity (Wildman–Crippen MR) is 57.4 cm³/mol. The Morgan fingerprint density at radius 2 is 2.20 bits per heavy atom. The normalized spacial score (nSPS) is 15.5. The second kappa shape index (κ2) is 4.34. The van der Waals surface area contributed by atoms with E-state index in [1.165, 1.54) is 17.5 Å². The van der Waals surface area contributed by atoms with Crippen LogP contribution in [-0.2, 0) is 12.8 Å². The van der Waals surface area contributed by atoms with Crippen molar-refractivity contribution >= 4 is 0 Å². The Labute approximate surface area is 88.2 Å². The Kier molecular flexibility index (Phi) is 2.90. The highest BCUT2D eigenvalue weighted by atomic mass is 16.3. The Morgan fingerprint density at radius 1 is 1.40 bits per heavy atom. The Hall–Kier alpha value is -1.51. The van der Waals surface area contributed by atoms with E-state index in [1.54, 1.807) is 0 Å². The molecule has 0 radical (unpaired) electrons. The lowest BCUT2D eigenvalue weighted by Gasteiger charge is -2.09. The number of aryl methyl sites for hydroxylation is 2. The van der Waals surface area contributed by atoms with E-state index in [0.717, 1.165) is 18.4 Å². The van der Waals surface area contributed by atoms with Crippen LogP contribution in [0.4, 0.5) is 0 Å². The molecule has 1 unspecified atom stereocenters. The molecule has 0 aromatic heterocycles. The minimum Gasteiger partial charge on any atom is -0.388 e. The van der Waals surface area contributed by atoms with E-state index in [1.807, 2.05) is 12.1 Å². The maximum atomic E-state index is 9.72. The molecule has 15 heavy (non-hydrogen) atoms. The number of nitrogens with zero attached hydrogens (tertiary/aromatic N) is 3. The summed E-state index contributed by atoms with van der Waals surface area (Å²) in [4.78, 5) is 2.64. The monoisotopic (exact) mass is 203 g/mol. The van der Waals surface area contributed by atoms with Crippen molar-refractivity contribution in [1.82, 2.24) is 0 Å². The van der Waals surface area contributed by atoms with Gasteiger partial charge in [-0.25, -0.2) is 0 Å². The lowest BCUT2D eigenvalue weighted by Crippen LogP contribution is -2.01. The zero-order valence-corrected chi connectivity index (χ0v) is 8.43. The van der Waals surface area contributed by atoms with E-state index in [2.05, 4.69) is 16.1 Å². The van der Waals surface area contributed by atoms with Crippen molar-refractivity contribution in [1.29, 1.82) is 0 Å². The van der Waals surface area contributed by atoms with Crippen LogP contribution in [0.3, 0.4) is 0 Å². The van der Waals surface area contributed by atoms with Gasteiger partial charge in [-0.15, -0.1) is 0 Å². The zero-order chi connectivity index (χ0) is 10.7. The molecule has 1 aromatic rings. The molecule has 1 N–H and O–H groups in total. The molecule has 4 nitrogen and oxygen atoms in total. The van der Waals surface area contributed by atoms with Crippen LogP contribution in [0.5, 0.6) is 0 Å². The molecular weight excluding hydrogens is 190 g/mol. The minimum absolute atomic E-state index is 0.106. The molecule has 4 heteroatoms. The van der Waals surface area contributed by atoms with Gasteiger partial charge >= 0.3 is 0 Å². The summed E-state index contributed by atoms with van der Waals surface area (Å²) in [6.07, 6.45) is 2.76. The van der Waals surface area contributed by atoms with Gasteiger partial charge in [0.05, 0.1) is 12.6 Å². The largest absolute Gasteiger partial charge is 0.388 e. The first-order chi connectivity index (χ1) is 7.31. The molecule has 1 aliphatic carbocycles. The summed E-state index contributed by atoms with van der Waals surface area (Å²) in [5.74, 6) is 0. The van der Waals surface area contributed by atoms with Crippen molar-refractivity contribution in [3.05, 3.63) is 45.3 Å². The molecule has 0 aliphatic heterocycles. The van der Waals surface area contributed by atoms with Gasteiger partial charge in [-0.2, -0.15) is 0 Å². The Morgan fingerprint density at radius 3 is 3.00 bits per heavy atom. The maximum Gasteiger partial charge on any atom is 0.0846 e. The highest BCUT2D eigenvalue weighted by Gasteiger charge is 2.13. The Balaban J connectivity index is 2.18. The lowest BCUT2D eigenvalue weighted by atomic mass is 10.0. The fourth-order valence-electron chi connectivity index (χ4n) is 2.02. The minimum atomic E-state index is -0.674. The number of hydrogen-bond donors (Lipinski definition) is 1. The van der Waals surface area contributed by atoms with Gasteiger partial charge in [0.15, 0.2) is 0 Å². The average Bonchev–Trinajstić information content (AvgIpc) is 2.72. The first kappa shape index (κ1) is 10.0. The van der Waals surface area contributed by atoms with Crippen molar-refractivity contribution in [2.75, 3.05) is 6.54 Å². The van der Waals surface area contributed by atoms with Crippen LogP contribution < -0.4 is 0 Å². The third-order valence-corrected chi connectivity index (χ3v) is 2.83. The quantitative estimate of drug-likeness (QED) is 0.457. The number of aliphatic hydroxyl groups is 1. The summed E-state index contributed by atoms with van der Waals surface area (Å²) < 4.78 is 0. The molecular formula is C11H13N3O. The van der Waals surface area contributed by atoms with E-state index in [-0.39, 0.29) is 6.54 Å². The molecule has 0 saturated heterocycles. The second-order valence-corrected chi connectivity index (χ2v) is 3.81. The van der Waals surface area contributed by atoms with E-state index in [4.69, 9.17) is 5.53 Å². The Bertz CT molecular complexity index is 410. The van der Waals surface area contributed by atoms with Crippen molar-refractivity contribution in [2.24, 2.45) is 5.11 Å². The van der Waals surface area contributed by atoms with Gasteiger partial charge in [-0.05, 0) is 41.5 Å². The van der Waals surface area contributed by atoms with Crippen LogP contribution in [0.25, 0.3) is 10.4 Å². The summed E-state index contributed by atoms with van der Waals surface area (Å²) in [6, 6.07) is 6.01. The molecule has 0 heterocycles. The van der Waals surface area contributed by atoms with Crippen LogP contribution in [-0.4, -0.2) is 11.7 Å². The second-order valence-electron chi connectivity index (χ2n) is 3.81. The molecule has 0 fully saturated rings. The predicted octanol–water partition coefficient (Wildman–Crippen LogP) is 2.52. The highest BCUT2D eigenvalue weighted by Crippen LogP contribution is 2.25. The molecule has 1 aromatic carbocycles. The summed E-state index contributed by atoms with van der Waals surface area (Å²) in [5.41, 5.74) is 11.7. The van der Waals surface area contributed by atoms with E-state index < -0.39 is 6.10 Å². The van der Waals surface area contributed by atoms with Gasteiger partial charge in [0.25, 0.3) is 0 Å². The third-order valence-electron chi connectivity index (χ3n) is 2.83. The molecule has 0 spiro atoms. The molecule has 0 bridgehead atoms. The zero-order valence-electron chi connectivity index (χ0n) is 8.43. The van der Waals surface area contributed by atoms with Crippen LogP contribution in [0.15, 0.2) is 23.3 Å². The van der Waals surface area contributed by atoms with Crippen LogP contribution in [0.2, 0.25) is 0 Å². The van der Waals surface area contributed by atoms with Crippen LogP contribution >= 0.6 is 0 Å². The average molecular weight is 203 g/mol.